The van der Waals surface area contributed by atoms with Gasteiger partial charge in [0, 0.05) is 16.4 Å². The Morgan fingerprint density at radius 3 is 2.74 bits per heavy atom. The first kappa shape index (κ1) is 13.6. The van der Waals surface area contributed by atoms with Crippen LogP contribution in [0.2, 0.25) is 0 Å². The molecule has 2 unspecified atom stereocenters. The van der Waals surface area contributed by atoms with Crippen LogP contribution >= 0.6 is 11.3 Å². The van der Waals surface area contributed by atoms with E-state index in [4.69, 9.17) is 4.74 Å². The largest absolute Gasteiger partial charge is 0.388 e. The van der Waals surface area contributed by atoms with Gasteiger partial charge in [0.1, 0.15) is 0 Å². The summed E-state index contributed by atoms with van der Waals surface area (Å²) in [7, 11) is 0. The third-order valence-corrected chi connectivity index (χ3v) is 5.87. The molecule has 2 heterocycles. The second-order valence-corrected chi connectivity index (χ2v) is 7.77. The van der Waals surface area contributed by atoms with Crippen molar-refractivity contribution in [2.45, 2.75) is 64.1 Å². The van der Waals surface area contributed by atoms with E-state index in [2.05, 4.69) is 19.9 Å². The molecule has 1 aromatic rings. The molecule has 0 radical (unpaired) electrons. The standard InChI is InChI=1S/C16H24O2S/c1-11-9-14(12(2)19-11)15(17)13-5-8-18-16(10-13)6-3-4-7-16/h9,13,15,17H,3-8,10H2,1-2H3. The zero-order valence-electron chi connectivity index (χ0n) is 11.9. The van der Waals surface area contributed by atoms with Crippen LogP contribution < -0.4 is 0 Å². The SMILES string of the molecule is Cc1cc(C(O)C2CCOC3(CCCC3)C2)c(C)s1. The molecule has 19 heavy (non-hydrogen) atoms. The highest BCUT2D eigenvalue weighted by atomic mass is 32.1. The molecular formula is C16H24O2S. The minimum atomic E-state index is -0.300. The lowest BCUT2D eigenvalue weighted by Crippen LogP contribution is -2.39. The smallest absolute Gasteiger partial charge is 0.0830 e. The fourth-order valence-electron chi connectivity index (χ4n) is 3.90. The molecule has 1 saturated heterocycles. The topological polar surface area (TPSA) is 29.5 Å². The molecule has 1 aliphatic carbocycles. The first-order valence-electron chi connectivity index (χ1n) is 7.49. The van der Waals surface area contributed by atoms with Crippen molar-refractivity contribution in [1.82, 2.24) is 0 Å². The van der Waals surface area contributed by atoms with E-state index in [1.807, 2.05) is 0 Å². The van der Waals surface area contributed by atoms with Crippen molar-refractivity contribution in [3.63, 3.8) is 0 Å². The van der Waals surface area contributed by atoms with Crippen LogP contribution in [0.5, 0.6) is 0 Å². The monoisotopic (exact) mass is 280 g/mol. The minimum Gasteiger partial charge on any atom is -0.388 e. The third-order valence-electron chi connectivity index (χ3n) is 4.89. The lowest BCUT2D eigenvalue weighted by molar-refractivity contribution is -0.113. The van der Waals surface area contributed by atoms with Crippen LogP contribution in [-0.4, -0.2) is 17.3 Å². The summed E-state index contributed by atoms with van der Waals surface area (Å²) in [4.78, 5) is 2.58. The predicted octanol–water partition coefficient (Wildman–Crippen LogP) is 4.14. The van der Waals surface area contributed by atoms with Crippen LogP contribution in [0.1, 0.15) is 59.9 Å². The van der Waals surface area contributed by atoms with Gasteiger partial charge in [-0.05, 0) is 57.1 Å². The van der Waals surface area contributed by atoms with Crippen LogP contribution in [0.25, 0.3) is 0 Å². The molecule has 106 valence electrons. The fourth-order valence-corrected chi connectivity index (χ4v) is 4.87. The maximum absolute atomic E-state index is 10.7. The van der Waals surface area contributed by atoms with E-state index in [-0.39, 0.29) is 11.7 Å². The Balaban J connectivity index is 1.76. The van der Waals surface area contributed by atoms with Crippen LogP contribution in [0.15, 0.2) is 6.07 Å². The van der Waals surface area contributed by atoms with Crippen molar-refractivity contribution in [2.24, 2.45) is 5.92 Å². The Bertz CT molecular complexity index is 446. The summed E-state index contributed by atoms with van der Waals surface area (Å²) in [6.07, 6.45) is 6.71. The molecule has 2 atom stereocenters. The molecule has 1 spiro atoms. The van der Waals surface area contributed by atoms with E-state index in [0.29, 0.717) is 5.92 Å². The number of ether oxygens (including phenoxy) is 1. The van der Waals surface area contributed by atoms with Crippen molar-refractivity contribution in [3.8, 4) is 0 Å². The summed E-state index contributed by atoms with van der Waals surface area (Å²) in [6, 6.07) is 2.17. The van der Waals surface area contributed by atoms with Crippen LogP contribution in [-0.2, 0) is 4.74 Å². The van der Waals surface area contributed by atoms with Gasteiger partial charge in [-0.2, -0.15) is 0 Å². The van der Waals surface area contributed by atoms with Gasteiger partial charge in [0.25, 0.3) is 0 Å². The summed E-state index contributed by atoms with van der Waals surface area (Å²) in [6.45, 7) is 5.07. The van der Waals surface area contributed by atoms with E-state index < -0.39 is 0 Å². The van der Waals surface area contributed by atoms with Gasteiger partial charge in [-0.15, -0.1) is 11.3 Å². The highest BCUT2D eigenvalue weighted by Gasteiger charge is 2.42. The van der Waals surface area contributed by atoms with Gasteiger partial charge in [-0.3, -0.25) is 0 Å². The van der Waals surface area contributed by atoms with Crippen molar-refractivity contribution < 1.29 is 9.84 Å². The molecular weight excluding hydrogens is 256 g/mol. The lowest BCUT2D eigenvalue weighted by Gasteiger charge is -2.40. The molecule has 3 heteroatoms. The van der Waals surface area contributed by atoms with Crippen LogP contribution in [0, 0.1) is 19.8 Å². The first-order valence-corrected chi connectivity index (χ1v) is 8.30. The average Bonchev–Trinajstić information content (AvgIpc) is 2.96. The maximum Gasteiger partial charge on any atom is 0.0830 e. The molecule has 0 bridgehead atoms. The van der Waals surface area contributed by atoms with Gasteiger partial charge >= 0.3 is 0 Å². The highest BCUT2D eigenvalue weighted by Crippen LogP contribution is 2.46. The number of hydrogen-bond donors (Lipinski definition) is 1. The van der Waals surface area contributed by atoms with Gasteiger partial charge in [-0.25, -0.2) is 0 Å². The van der Waals surface area contributed by atoms with Gasteiger partial charge in [-0.1, -0.05) is 12.8 Å². The van der Waals surface area contributed by atoms with Gasteiger partial charge in [0.15, 0.2) is 0 Å². The molecule has 1 aliphatic heterocycles. The van der Waals surface area contributed by atoms with E-state index in [1.54, 1.807) is 11.3 Å². The lowest BCUT2D eigenvalue weighted by atomic mass is 9.80. The number of rotatable bonds is 2. The van der Waals surface area contributed by atoms with Gasteiger partial charge < -0.3 is 9.84 Å². The van der Waals surface area contributed by atoms with Crippen molar-refractivity contribution in [1.29, 1.82) is 0 Å². The molecule has 0 amide bonds. The first-order chi connectivity index (χ1) is 9.10. The van der Waals surface area contributed by atoms with E-state index in [0.717, 1.165) is 25.0 Å². The molecule has 2 aliphatic rings. The van der Waals surface area contributed by atoms with Crippen molar-refractivity contribution in [2.75, 3.05) is 6.61 Å². The molecule has 0 aromatic carbocycles. The minimum absolute atomic E-state index is 0.100. The van der Waals surface area contributed by atoms with Crippen molar-refractivity contribution in [3.05, 3.63) is 21.4 Å². The van der Waals surface area contributed by atoms with E-state index in [9.17, 15) is 5.11 Å². The fraction of sp³-hybridized carbons (Fsp3) is 0.750. The molecule has 1 aromatic heterocycles. The van der Waals surface area contributed by atoms with Gasteiger partial charge in [0.05, 0.1) is 11.7 Å². The molecule has 3 rings (SSSR count). The Morgan fingerprint density at radius 1 is 1.37 bits per heavy atom. The second-order valence-electron chi connectivity index (χ2n) is 6.30. The van der Waals surface area contributed by atoms with E-state index in [1.165, 1.54) is 35.4 Å². The molecule has 2 fully saturated rings. The second kappa shape index (κ2) is 5.19. The number of aliphatic hydroxyl groups is 1. The third kappa shape index (κ3) is 2.61. The van der Waals surface area contributed by atoms with Crippen LogP contribution in [0.4, 0.5) is 0 Å². The highest BCUT2D eigenvalue weighted by molar-refractivity contribution is 7.12. The Kier molecular flexibility index (Phi) is 3.71. The number of aryl methyl sites for hydroxylation is 2. The summed E-state index contributed by atoms with van der Waals surface area (Å²) in [5.74, 6) is 0.375. The molecule has 1 saturated carbocycles. The van der Waals surface area contributed by atoms with Crippen molar-refractivity contribution >= 4 is 11.3 Å². The summed E-state index contributed by atoms with van der Waals surface area (Å²) in [5.41, 5.74) is 1.26. The zero-order valence-corrected chi connectivity index (χ0v) is 12.8. The Labute approximate surface area is 119 Å². The summed E-state index contributed by atoms with van der Waals surface area (Å²) >= 11 is 1.79. The predicted molar refractivity (Wildman–Crippen MR) is 78.6 cm³/mol. The average molecular weight is 280 g/mol. The normalized spacial score (nSPS) is 27.8. The summed E-state index contributed by atoms with van der Waals surface area (Å²) in [5, 5.41) is 10.7. The quantitative estimate of drug-likeness (QED) is 0.882. The number of aliphatic hydroxyl groups excluding tert-OH is 1. The zero-order chi connectivity index (χ0) is 13.5. The Hall–Kier alpha value is -0.380. The van der Waals surface area contributed by atoms with E-state index >= 15 is 0 Å². The molecule has 1 N–H and O–H groups in total. The maximum atomic E-state index is 10.7. The summed E-state index contributed by atoms with van der Waals surface area (Å²) < 4.78 is 6.07. The Morgan fingerprint density at radius 2 is 2.11 bits per heavy atom. The number of hydrogen-bond acceptors (Lipinski definition) is 3. The van der Waals surface area contributed by atoms with Crippen LogP contribution in [0.3, 0.4) is 0 Å². The molecule has 2 nitrogen and oxygen atoms in total. The number of thiophene rings is 1. The van der Waals surface area contributed by atoms with Gasteiger partial charge in [0.2, 0.25) is 0 Å².